The molecule has 1 aliphatic carbocycles. The van der Waals surface area contributed by atoms with Gasteiger partial charge in [-0.3, -0.25) is 10.4 Å². The van der Waals surface area contributed by atoms with Crippen LogP contribution in [0.5, 0.6) is 0 Å². The van der Waals surface area contributed by atoms with Gasteiger partial charge in [0.15, 0.2) is 11.1 Å². The lowest BCUT2D eigenvalue weighted by molar-refractivity contribution is 0.443. The van der Waals surface area contributed by atoms with Gasteiger partial charge in [0.2, 0.25) is 0 Å². The van der Waals surface area contributed by atoms with E-state index in [2.05, 4.69) is 17.4 Å². The van der Waals surface area contributed by atoms with Crippen molar-refractivity contribution in [2.45, 2.75) is 43.9 Å². The van der Waals surface area contributed by atoms with Crippen LogP contribution in [0.3, 0.4) is 0 Å². The Bertz CT molecular complexity index is 458. The summed E-state index contributed by atoms with van der Waals surface area (Å²) in [5.41, 5.74) is 6.69. The predicted molar refractivity (Wildman–Crippen MR) is 94.3 cm³/mol. The molecule has 6 heteroatoms. The highest BCUT2D eigenvalue weighted by Gasteiger charge is 2.13. The highest BCUT2D eigenvalue weighted by Crippen LogP contribution is 2.22. The van der Waals surface area contributed by atoms with Gasteiger partial charge >= 0.3 is 0 Å². The number of thioether (sulfide) groups is 1. The molecule has 0 spiro atoms. The maximum Gasteiger partial charge on any atom is 0.191 e. The fourth-order valence-electron chi connectivity index (χ4n) is 2.32. The van der Waals surface area contributed by atoms with E-state index in [0.717, 1.165) is 23.8 Å². The van der Waals surface area contributed by atoms with Crippen LogP contribution in [0.25, 0.3) is 0 Å². The Balaban J connectivity index is 0.00000220. The molecule has 1 aromatic rings. The number of benzene rings is 1. The first kappa shape index (κ1) is 17.9. The summed E-state index contributed by atoms with van der Waals surface area (Å²) in [6, 6.07) is 10.7. The largest absolute Gasteiger partial charge is 0.370 e. The quantitative estimate of drug-likeness (QED) is 0.587. The second kappa shape index (κ2) is 9.68. The van der Waals surface area contributed by atoms with E-state index >= 15 is 0 Å². The number of guanidine groups is 1. The first-order valence-corrected chi connectivity index (χ1v) is 8.08. The van der Waals surface area contributed by atoms with Crippen molar-refractivity contribution in [3.63, 3.8) is 0 Å². The summed E-state index contributed by atoms with van der Waals surface area (Å²) >= 11 is 1.61. The van der Waals surface area contributed by atoms with Crippen molar-refractivity contribution in [3.8, 4) is 0 Å². The number of halogens is 1. The Morgan fingerprint density at radius 2 is 1.90 bits per heavy atom. The van der Waals surface area contributed by atoms with Crippen molar-refractivity contribution in [2.75, 3.05) is 0 Å². The number of hydrogen-bond acceptors (Lipinski definition) is 3. The highest BCUT2D eigenvalue weighted by atomic mass is 35.5. The van der Waals surface area contributed by atoms with Gasteiger partial charge in [0, 0.05) is 5.75 Å². The summed E-state index contributed by atoms with van der Waals surface area (Å²) in [4.78, 5) is 4.74. The maximum absolute atomic E-state index is 7.40. The Hall–Kier alpha value is -1.20. The number of nitrogens with two attached hydrogens (primary N) is 1. The molecule has 1 aliphatic rings. The monoisotopic (exact) mass is 326 g/mol. The smallest absolute Gasteiger partial charge is 0.191 e. The summed E-state index contributed by atoms with van der Waals surface area (Å²) in [5.74, 6) is 0.798. The summed E-state index contributed by atoms with van der Waals surface area (Å²) in [6.07, 6.45) is 6.12. The fourth-order valence-corrected chi connectivity index (χ4v) is 3.22. The normalized spacial score (nSPS) is 16.1. The number of nitrogens with one attached hydrogen (secondary N) is 2. The average molecular weight is 327 g/mol. The van der Waals surface area contributed by atoms with Crippen LogP contribution in [-0.2, 0) is 5.75 Å². The Kier molecular flexibility index (Phi) is 8.23. The molecule has 1 saturated carbocycles. The van der Waals surface area contributed by atoms with Crippen LogP contribution in [0, 0.1) is 5.41 Å². The van der Waals surface area contributed by atoms with E-state index in [1.165, 1.54) is 24.8 Å². The average Bonchev–Trinajstić information content (AvgIpc) is 2.46. The van der Waals surface area contributed by atoms with Crippen molar-refractivity contribution in [3.05, 3.63) is 35.9 Å². The first-order chi connectivity index (χ1) is 9.74. The molecule has 1 fully saturated rings. The van der Waals surface area contributed by atoms with Crippen LogP contribution in [0.1, 0.15) is 37.7 Å². The molecule has 4 N–H and O–H groups in total. The van der Waals surface area contributed by atoms with Crippen LogP contribution in [0.2, 0.25) is 0 Å². The van der Waals surface area contributed by atoms with Crippen LogP contribution in [0.4, 0.5) is 0 Å². The van der Waals surface area contributed by atoms with Crippen LogP contribution in [-0.4, -0.2) is 17.2 Å². The van der Waals surface area contributed by atoms with E-state index in [4.69, 9.17) is 16.1 Å². The standard InChI is InChI=1S/C15H22N4S.ClH/c16-14(17)19-15(18-13-9-5-2-6-10-13)20-11-12-7-3-1-4-8-12;/h1,3-4,7-8,13H,2,5-6,9-11H2,(H4,16,17,18,19);1H. The van der Waals surface area contributed by atoms with Crippen molar-refractivity contribution in [2.24, 2.45) is 10.7 Å². The van der Waals surface area contributed by atoms with Gasteiger partial charge in [-0.05, 0) is 18.4 Å². The van der Waals surface area contributed by atoms with Crippen molar-refractivity contribution < 1.29 is 0 Å². The summed E-state index contributed by atoms with van der Waals surface area (Å²) < 4.78 is 0. The molecular weight excluding hydrogens is 304 g/mol. The summed E-state index contributed by atoms with van der Waals surface area (Å²) in [5, 5.41) is 11.0. The van der Waals surface area contributed by atoms with Gasteiger partial charge in [-0.25, -0.2) is 0 Å². The number of hydrogen-bond donors (Lipinski definition) is 3. The van der Waals surface area contributed by atoms with Crippen LogP contribution >= 0.6 is 24.2 Å². The lowest BCUT2D eigenvalue weighted by atomic mass is 9.96. The molecule has 0 saturated heterocycles. The number of amidine groups is 1. The molecule has 0 unspecified atom stereocenters. The zero-order valence-electron chi connectivity index (χ0n) is 12.0. The number of rotatable bonds is 3. The zero-order valence-corrected chi connectivity index (χ0v) is 13.7. The highest BCUT2D eigenvalue weighted by molar-refractivity contribution is 8.13. The Morgan fingerprint density at radius 1 is 1.24 bits per heavy atom. The molecule has 21 heavy (non-hydrogen) atoms. The molecule has 1 aromatic carbocycles. The van der Waals surface area contributed by atoms with Gasteiger partial charge in [0.25, 0.3) is 0 Å². The van der Waals surface area contributed by atoms with Gasteiger partial charge in [-0.2, -0.15) is 0 Å². The van der Waals surface area contributed by atoms with E-state index in [-0.39, 0.29) is 18.4 Å². The van der Waals surface area contributed by atoms with Crippen LogP contribution < -0.4 is 11.1 Å². The molecule has 4 nitrogen and oxygen atoms in total. The summed E-state index contributed by atoms with van der Waals surface area (Å²) in [6.45, 7) is 0. The number of nitrogens with zero attached hydrogens (tertiary/aromatic N) is 1. The van der Waals surface area contributed by atoms with Gasteiger partial charge in [0.05, 0.1) is 6.04 Å². The van der Waals surface area contributed by atoms with Crippen molar-refractivity contribution in [1.29, 1.82) is 5.41 Å². The third-order valence-electron chi connectivity index (χ3n) is 3.33. The van der Waals surface area contributed by atoms with E-state index in [1.807, 2.05) is 18.2 Å². The minimum Gasteiger partial charge on any atom is -0.370 e. The van der Waals surface area contributed by atoms with Gasteiger partial charge in [0.1, 0.15) is 0 Å². The predicted octanol–water partition coefficient (Wildman–Crippen LogP) is 3.51. The molecule has 0 aromatic heterocycles. The molecule has 2 rings (SSSR count). The van der Waals surface area contributed by atoms with E-state index in [1.54, 1.807) is 11.8 Å². The van der Waals surface area contributed by atoms with Gasteiger partial charge < -0.3 is 11.1 Å². The molecule has 116 valence electrons. The van der Waals surface area contributed by atoms with Gasteiger partial charge in [-0.15, -0.1) is 12.4 Å². The minimum atomic E-state index is -0.0416. The molecular formula is C15H23ClN4S. The van der Waals surface area contributed by atoms with E-state index < -0.39 is 0 Å². The van der Waals surface area contributed by atoms with Crippen molar-refractivity contribution >= 4 is 35.3 Å². The zero-order chi connectivity index (χ0) is 14.2. The Morgan fingerprint density at radius 3 is 2.52 bits per heavy atom. The third kappa shape index (κ3) is 6.87. The SMILES string of the molecule is Cl.N=C(N)NC(=NC1CCCCC1)SCc1ccccc1. The molecule has 0 bridgehead atoms. The lowest BCUT2D eigenvalue weighted by Crippen LogP contribution is -2.35. The second-order valence-corrected chi connectivity index (χ2v) is 6.00. The molecule has 0 amide bonds. The van der Waals surface area contributed by atoms with Crippen molar-refractivity contribution in [1.82, 2.24) is 5.32 Å². The third-order valence-corrected chi connectivity index (χ3v) is 4.29. The minimum absolute atomic E-state index is 0. The lowest BCUT2D eigenvalue weighted by Gasteiger charge is -2.19. The number of aliphatic imine (C=N–C) groups is 1. The summed E-state index contributed by atoms with van der Waals surface area (Å²) in [7, 11) is 0. The first-order valence-electron chi connectivity index (χ1n) is 7.09. The van der Waals surface area contributed by atoms with Gasteiger partial charge in [-0.1, -0.05) is 61.4 Å². The van der Waals surface area contributed by atoms with E-state index in [0.29, 0.717) is 6.04 Å². The maximum atomic E-state index is 7.40. The Labute approximate surface area is 136 Å². The molecule has 0 atom stereocenters. The topological polar surface area (TPSA) is 74.3 Å². The van der Waals surface area contributed by atoms with Crippen LogP contribution in [0.15, 0.2) is 35.3 Å². The molecule has 0 aliphatic heterocycles. The molecule has 0 heterocycles. The fraction of sp³-hybridized carbons (Fsp3) is 0.467. The second-order valence-electron chi connectivity index (χ2n) is 5.04. The van der Waals surface area contributed by atoms with E-state index in [9.17, 15) is 0 Å². The molecule has 0 radical (unpaired) electrons.